The van der Waals surface area contributed by atoms with Gasteiger partial charge in [0.15, 0.2) is 0 Å². The van der Waals surface area contributed by atoms with E-state index >= 15 is 0 Å². The Hall–Kier alpha value is -2.46. The second-order valence-corrected chi connectivity index (χ2v) is 8.67. The Morgan fingerprint density at radius 1 is 1.07 bits per heavy atom. The molecule has 160 valence electrons. The number of nitrogens with zero attached hydrogens (tertiary/aromatic N) is 1. The van der Waals surface area contributed by atoms with E-state index in [1.807, 2.05) is 0 Å². The number of carbonyl (C=O) groups is 3. The van der Waals surface area contributed by atoms with Gasteiger partial charge in [0.05, 0.1) is 36.5 Å². The molecule has 0 aromatic heterocycles. The molecule has 0 saturated carbocycles. The first-order valence-corrected chi connectivity index (χ1v) is 11.3. The summed E-state index contributed by atoms with van der Waals surface area (Å²) in [6, 6.07) is 4.17. The molecule has 1 aromatic rings. The minimum atomic E-state index is -3.38. The molecule has 0 unspecified atom stereocenters. The number of rotatable bonds is 7. The van der Waals surface area contributed by atoms with Crippen LogP contribution < -0.4 is 5.32 Å². The van der Waals surface area contributed by atoms with Crippen LogP contribution in [0.25, 0.3) is 0 Å². The Morgan fingerprint density at radius 3 is 2.10 bits per heavy atom. The first-order valence-electron chi connectivity index (χ1n) is 9.41. The third-order valence-corrected chi connectivity index (χ3v) is 5.72. The zero-order valence-electron chi connectivity index (χ0n) is 16.8. The van der Waals surface area contributed by atoms with Gasteiger partial charge < -0.3 is 14.8 Å². The van der Waals surface area contributed by atoms with Gasteiger partial charge in [-0.05, 0) is 44.9 Å². The van der Waals surface area contributed by atoms with Crippen molar-refractivity contribution in [3.8, 4) is 0 Å². The summed E-state index contributed by atoms with van der Waals surface area (Å²) < 4.78 is 34.8. The Kier molecular flexibility index (Phi) is 7.74. The number of carbonyl (C=O) groups excluding carboxylic acids is 3. The molecule has 1 aliphatic rings. The van der Waals surface area contributed by atoms with Gasteiger partial charge >= 0.3 is 11.9 Å². The minimum Gasteiger partial charge on any atom is -0.462 e. The molecule has 1 aliphatic heterocycles. The topological polar surface area (TPSA) is 119 Å². The molecule has 9 nitrogen and oxygen atoms in total. The molecule has 0 spiro atoms. The summed E-state index contributed by atoms with van der Waals surface area (Å²) in [4.78, 5) is 36.9. The Labute approximate surface area is 170 Å². The average Bonchev–Trinajstić information content (AvgIpc) is 2.67. The molecule has 1 amide bonds. The van der Waals surface area contributed by atoms with Crippen LogP contribution in [0.3, 0.4) is 0 Å². The normalized spacial score (nSPS) is 17.4. The number of benzene rings is 1. The van der Waals surface area contributed by atoms with E-state index in [0.29, 0.717) is 19.4 Å². The Bertz CT molecular complexity index is 846. The number of hydrogen-bond donors (Lipinski definition) is 1. The van der Waals surface area contributed by atoms with Crippen molar-refractivity contribution in [2.24, 2.45) is 5.92 Å². The number of esters is 2. The van der Waals surface area contributed by atoms with Crippen LogP contribution in [0.1, 0.15) is 47.4 Å². The van der Waals surface area contributed by atoms with Gasteiger partial charge in [0.25, 0.3) is 0 Å². The highest BCUT2D eigenvalue weighted by molar-refractivity contribution is 7.88. The molecule has 0 radical (unpaired) electrons. The fourth-order valence-corrected chi connectivity index (χ4v) is 3.98. The molecule has 0 aliphatic carbocycles. The van der Waals surface area contributed by atoms with Crippen molar-refractivity contribution >= 4 is 33.6 Å². The quantitative estimate of drug-likeness (QED) is 0.659. The van der Waals surface area contributed by atoms with Crippen LogP contribution in [-0.2, 0) is 24.3 Å². The highest BCUT2D eigenvalue weighted by Gasteiger charge is 2.30. The molecule has 2 rings (SSSR count). The van der Waals surface area contributed by atoms with Crippen molar-refractivity contribution < 1.29 is 32.3 Å². The van der Waals surface area contributed by atoms with E-state index in [-0.39, 0.29) is 42.5 Å². The smallest absolute Gasteiger partial charge is 0.338 e. The number of piperidine rings is 1. The van der Waals surface area contributed by atoms with Gasteiger partial charge in [-0.15, -0.1) is 0 Å². The van der Waals surface area contributed by atoms with Gasteiger partial charge in [0.1, 0.15) is 0 Å². The summed E-state index contributed by atoms with van der Waals surface area (Å²) in [5.74, 6) is -2.17. The predicted molar refractivity (Wildman–Crippen MR) is 106 cm³/mol. The third-order valence-electron chi connectivity index (χ3n) is 4.45. The Balaban J connectivity index is 2.24. The minimum absolute atomic E-state index is 0.0902. The van der Waals surface area contributed by atoms with Crippen molar-refractivity contribution in [2.45, 2.75) is 26.7 Å². The van der Waals surface area contributed by atoms with Crippen LogP contribution >= 0.6 is 0 Å². The Morgan fingerprint density at radius 2 is 1.62 bits per heavy atom. The second kappa shape index (κ2) is 9.84. The largest absolute Gasteiger partial charge is 0.462 e. The molecule has 1 heterocycles. The van der Waals surface area contributed by atoms with E-state index in [1.54, 1.807) is 13.8 Å². The molecular formula is C19H26N2O7S. The van der Waals surface area contributed by atoms with Gasteiger partial charge in [0, 0.05) is 18.8 Å². The average molecular weight is 426 g/mol. The summed E-state index contributed by atoms with van der Waals surface area (Å²) in [5, 5.41) is 2.68. The standard InChI is InChI=1S/C19H26N2O7S/c1-4-27-18(23)14-9-15(19(24)28-5-2)11-16(10-14)20-17(22)13-7-6-8-21(12-13)29(3,25)26/h9-11,13H,4-8,12H2,1-3H3,(H,20,22)/t13-/m1/s1. The lowest BCUT2D eigenvalue weighted by atomic mass is 9.98. The van der Waals surface area contributed by atoms with Crippen LogP contribution in [0.4, 0.5) is 5.69 Å². The zero-order chi connectivity index (χ0) is 21.6. The van der Waals surface area contributed by atoms with Crippen molar-refractivity contribution in [2.75, 3.05) is 37.9 Å². The van der Waals surface area contributed by atoms with Gasteiger partial charge in [0.2, 0.25) is 15.9 Å². The number of anilines is 1. The molecule has 1 N–H and O–H groups in total. The first kappa shape index (κ1) is 22.8. The van der Waals surface area contributed by atoms with Crippen LogP contribution in [0.2, 0.25) is 0 Å². The highest BCUT2D eigenvalue weighted by Crippen LogP contribution is 2.22. The van der Waals surface area contributed by atoms with E-state index in [4.69, 9.17) is 9.47 Å². The van der Waals surface area contributed by atoms with Gasteiger partial charge in [-0.3, -0.25) is 4.79 Å². The van der Waals surface area contributed by atoms with Gasteiger partial charge in [-0.1, -0.05) is 0 Å². The van der Waals surface area contributed by atoms with Crippen molar-refractivity contribution in [3.05, 3.63) is 29.3 Å². The molecule has 1 atom stereocenters. The maximum atomic E-state index is 12.7. The van der Waals surface area contributed by atoms with Gasteiger partial charge in [-0.25, -0.2) is 22.3 Å². The fourth-order valence-electron chi connectivity index (χ4n) is 3.07. The van der Waals surface area contributed by atoms with Crippen LogP contribution in [0, 0.1) is 5.92 Å². The number of ether oxygens (including phenoxy) is 2. The number of sulfonamides is 1. The molecule has 29 heavy (non-hydrogen) atoms. The summed E-state index contributed by atoms with van der Waals surface area (Å²) in [6.45, 7) is 4.11. The van der Waals surface area contributed by atoms with Crippen molar-refractivity contribution in [1.29, 1.82) is 0 Å². The molecule has 1 aromatic carbocycles. The molecule has 1 fully saturated rings. The summed E-state index contributed by atoms with van der Waals surface area (Å²) >= 11 is 0. The lowest BCUT2D eigenvalue weighted by molar-refractivity contribution is -0.120. The van der Waals surface area contributed by atoms with Crippen molar-refractivity contribution in [1.82, 2.24) is 4.31 Å². The predicted octanol–water partition coefficient (Wildman–Crippen LogP) is 1.65. The lowest BCUT2D eigenvalue weighted by Crippen LogP contribution is -2.43. The maximum Gasteiger partial charge on any atom is 0.338 e. The van der Waals surface area contributed by atoms with E-state index in [2.05, 4.69) is 5.32 Å². The van der Waals surface area contributed by atoms with E-state index in [0.717, 1.165) is 6.26 Å². The zero-order valence-corrected chi connectivity index (χ0v) is 17.6. The van der Waals surface area contributed by atoms with Crippen molar-refractivity contribution in [3.63, 3.8) is 0 Å². The van der Waals surface area contributed by atoms with E-state index in [9.17, 15) is 22.8 Å². The number of amides is 1. The van der Waals surface area contributed by atoms with Crippen LogP contribution in [0.15, 0.2) is 18.2 Å². The number of hydrogen-bond acceptors (Lipinski definition) is 7. The monoisotopic (exact) mass is 426 g/mol. The first-order chi connectivity index (χ1) is 13.7. The molecule has 1 saturated heterocycles. The van der Waals surface area contributed by atoms with E-state index < -0.39 is 27.9 Å². The molecular weight excluding hydrogens is 400 g/mol. The van der Waals surface area contributed by atoms with Gasteiger partial charge in [-0.2, -0.15) is 0 Å². The van der Waals surface area contributed by atoms with E-state index in [1.165, 1.54) is 22.5 Å². The number of nitrogens with one attached hydrogen (secondary N) is 1. The summed E-state index contributed by atoms with van der Waals surface area (Å²) in [5.41, 5.74) is 0.448. The fraction of sp³-hybridized carbons (Fsp3) is 0.526. The second-order valence-electron chi connectivity index (χ2n) is 6.69. The van der Waals surface area contributed by atoms with Crippen LogP contribution in [-0.4, -0.2) is 63.1 Å². The molecule has 0 bridgehead atoms. The lowest BCUT2D eigenvalue weighted by Gasteiger charge is -2.30. The highest BCUT2D eigenvalue weighted by atomic mass is 32.2. The maximum absolute atomic E-state index is 12.7. The van der Waals surface area contributed by atoms with Crippen LogP contribution in [0.5, 0.6) is 0 Å². The summed E-state index contributed by atoms with van der Waals surface area (Å²) in [6.07, 6.45) is 2.23. The SMILES string of the molecule is CCOC(=O)c1cc(NC(=O)[C@@H]2CCCN(S(C)(=O)=O)C2)cc(C(=O)OCC)c1. The summed E-state index contributed by atoms with van der Waals surface area (Å²) in [7, 11) is -3.38. The molecule has 10 heteroatoms. The third kappa shape index (κ3) is 6.26.